The molecule has 17 heteroatoms. The van der Waals surface area contributed by atoms with Gasteiger partial charge in [0.15, 0.2) is 5.50 Å². The zero-order valence-electron chi connectivity index (χ0n) is 17.7. The molecule has 1 saturated heterocycles. The Labute approximate surface area is 211 Å². The van der Waals surface area contributed by atoms with Crippen LogP contribution in [0, 0.1) is 0 Å². The molecule has 1 N–H and O–H groups in total. The van der Waals surface area contributed by atoms with E-state index < -0.39 is 70.2 Å². The van der Waals surface area contributed by atoms with Crippen LogP contribution in [0.1, 0.15) is 10.4 Å². The molecule has 1 aromatic carbocycles. The van der Waals surface area contributed by atoms with Crippen molar-refractivity contribution in [2.24, 2.45) is 0 Å². The van der Waals surface area contributed by atoms with Crippen molar-refractivity contribution in [1.82, 2.24) is 14.0 Å². The summed E-state index contributed by atoms with van der Waals surface area (Å²) in [5.74, 6) is -6.93. The molecule has 1 aliphatic heterocycles. The van der Waals surface area contributed by atoms with Crippen LogP contribution in [0.3, 0.4) is 0 Å². The van der Waals surface area contributed by atoms with Crippen LogP contribution in [0.25, 0.3) is 0 Å². The van der Waals surface area contributed by atoms with E-state index in [0.717, 1.165) is 18.5 Å². The zero-order chi connectivity index (χ0) is 26.7. The van der Waals surface area contributed by atoms with Crippen molar-refractivity contribution < 1.29 is 49.4 Å². The Bertz CT molecular complexity index is 1180. The summed E-state index contributed by atoms with van der Waals surface area (Å²) in [4.78, 5) is 15.8. The van der Waals surface area contributed by atoms with Crippen molar-refractivity contribution in [3.63, 3.8) is 0 Å². The monoisotopic (exact) mass is 579 g/mol. The number of ether oxygens (including phenoxy) is 3. The summed E-state index contributed by atoms with van der Waals surface area (Å²) in [5.41, 5.74) is -5.00. The molecule has 1 aliphatic rings. The topological polar surface area (TPSA) is 107 Å². The van der Waals surface area contributed by atoms with Gasteiger partial charge in [-0.25, -0.2) is 13.5 Å². The van der Waals surface area contributed by atoms with Gasteiger partial charge in [0.1, 0.15) is 11.5 Å². The van der Waals surface area contributed by atoms with Crippen molar-refractivity contribution in [2.75, 3.05) is 13.2 Å². The maximum Gasteiger partial charge on any atom is 0.395 e. The van der Waals surface area contributed by atoms with E-state index >= 15 is 4.39 Å². The van der Waals surface area contributed by atoms with E-state index in [1.807, 2.05) is 0 Å². The van der Waals surface area contributed by atoms with Crippen LogP contribution >= 0.6 is 23.2 Å². The molecule has 198 valence electrons. The summed E-state index contributed by atoms with van der Waals surface area (Å²) in [6, 6.07) is 4.66. The van der Waals surface area contributed by atoms with E-state index in [-0.39, 0.29) is 5.56 Å². The van der Waals surface area contributed by atoms with Crippen LogP contribution in [0.15, 0.2) is 48.8 Å². The van der Waals surface area contributed by atoms with Gasteiger partial charge in [-0.1, -0.05) is 41.4 Å². The van der Waals surface area contributed by atoms with Gasteiger partial charge in [-0.2, -0.15) is 25.9 Å². The number of halogens is 7. The lowest BCUT2D eigenvalue weighted by atomic mass is 10.2. The van der Waals surface area contributed by atoms with Crippen LogP contribution in [0.2, 0.25) is 0 Å². The Morgan fingerprint density at radius 2 is 1.89 bits per heavy atom. The Hall–Kier alpha value is -2.46. The zero-order valence-corrected chi connectivity index (χ0v) is 20.0. The van der Waals surface area contributed by atoms with E-state index in [9.17, 15) is 30.8 Å². The molecule has 2 aromatic rings. The molecule has 1 amide bonds. The quantitative estimate of drug-likeness (QED) is 0.275. The summed E-state index contributed by atoms with van der Waals surface area (Å²) in [5, 5.41) is 0. The SMILES string of the molecule is O=C(NS(=O)(=O)N1CCOC(F)(Oc2cncc(OC(Cl)C(F)(F)C(F)F)c2)C1Cl)c1ccccc1. The molecule has 3 unspecified atom stereocenters. The first-order valence-electron chi connectivity index (χ1n) is 9.73. The molecule has 36 heavy (non-hydrogen) atoms. The van der Waals surface area contributed by atoms with Crippen LogP contribution in [0.5, 0.6) is 11.5 Å². The third kappa shape index (κ3) is 6.26. The second-order valence-electron chi connectivity index (χ2n) is 7.05. The van der Waals surface area contributed by atoms with E-state index in [0.29, 0.717) is 4.31 Å². The number of morpholine rings is 1. The van der Waals surface area contributed by atoms with Crippen LogP contribution in [0.4, 0.5) is 22.0 Å². The summed E-state index contributed by atoms with van der Waals surface area (Å²) < 4.78 is 109. The molecule has 0 radical (unpaired) electrons. The average Bonchev–Trinajstić information content (AvgIpc) is 2.81. The van der Waals surface area contributed by atoms with Crippen molar-refractivity contribution >= 4 is 39.3 Å². The maximum absolute atomic E-state index is 15.5. The number of alkyl halides is 7. The summed E-state index contributed by atoms with van der Waals surface area (Å²) in [7, 11) is -4.70. The van der Waals surface area contributed by atoms with Gasteiger partial charge in [0.25, 0.3) is 5.91 Å². The van der Waals surface area contributed by atoms with Crippen molar-refractivity contribution in [3.8, 4) is 11.5 Å². The van der Waals surface area contributed by atoms with Crippen molar-refractivity contribution in [3.05, 3.63) is 54.4 Å². The summed E-state index contributed by atoms with van der Waals surface area (Å²) >= 11 is 11.2. The van der Waals surface area contributed by atoms with E-state index in [4.69, 9.17) is 32.7 Å². The normalized spacial score (nSPS) is 22.2. The summed E-state index contributed by atoms with van der Waals surface area (Å²) in [6.07, 6.45) is -2.49. The molecule has 9 nitrogen and oxygen atoms in total. The number of benzene rings is 1. The number of pyridine rings is 1. The first kappa shape index (κ1) is 28.1. The number of nitrogens with one attached hydrogen (secondary N) is 1. The summed E-state index contributed by atoms with van der Waals surface area (Å²) in [6.45, 7) is -1.05. The first-order valence-corrected chi connectivity index (χ1v) is 12.0. The molecule has 0 bridgehead atoms. The third-order valence-electron chi connectivity index (χ3n) is 4.49. The van der Waals surface area contributed by atoms with Crippen molar-refractivity contribution in [1.29, 1.82) is 0 Å². The molecular weight excluding hydrogens is 564 g/mol. The van der Waals surface area contributed by atoms with Crippen LogP contribution < -0.4 is 14.2 Å². The third-order valence-corrected chi connectivity index (χ3v) is 6.94. The standard InChI is InChI=1S/C19H16Cl2F5N3O6S/c20-15-19(26,35-13-8-12(9-27-10-13)34-16(21)18(24,25)17(22)23)33-7-6-29(15)36(31,32)28-14(30)11-4-2-1-3-5-11/h1-5,8-10,15-17H,6-7H2,(H,28,30). The van der Waals surface area contributed by atoms with Gasteiger partial charge >= 0.3 is 28.6 Å². The second-order valence-corrected chi connectivity index (χ2v) is 9.48. The van der Waals surface area contributed by atoms with Crippen molar-refractivity contribution in [2.45, 2.75) is 29.5 Å². The van der Waals surface area contributed by atoms with Gasteiger partial charge in [0.2, 0.25) is 5.56 Å². The Morgan fingerprint density at radius 3 is 2.53 bits per heavy atom. The fraction of sp³-hybridized carbons (Fsp3) is 0.368. The molecular formula is C19H16Cl2F5N3O6S. The second kappa shape index (κ2) is 10.9. The minimum absolute atomic E-state index is 0.00104. The highest BCUT2D eigenvalue weighted by molar-refractivity contribution is 7.87. The van der Waals surface area contributed by atoms with E-state index in [1.165, 1.54) is 24.3 Å². The highest BCUT2D eigenvalue weighted by atomic mass is 35.5. The number of nitrogens with zero attached hydrogens (tertiary/aromatic N) is 2. The fourth-order valence-electron chi connectivity index (χ4n) is 2.75. The van der Waals surface area contributed by atoms with E-state index in [2.05, 4.69) is 9.72 Å². The van der Waals surface area contributed by atoms with Gasteiger partial charge in [-0.15, -0.1) is 0 Å². The van der Waals surface area contributed by atoms with Gasteiger partial charge < -0.3 is 14.2 Å². The molecule has 2 heterocycles. The molecule has 3 atom stereocenters. The highest BCUT2D eigenvalue weighted by Crippen LogP contribution is 2.36. The predicted octanol–water partition coefficient (Wildman–Crippen LogP) is 3.50. The Kier molecular flexibility index (Phi) is 8.50. The first-order chi connectivity index (χ1) is 16.8. The Morgan fingerprint density at radius 1 is 1.25 bits per heavy atom. The molecule has 0 saturated carbocycles. The number of rotatable bonds is 9. The maximum atomic E-state index is 15.5. The number of carbonyl (C=O) groups is 1. The van der Waals surface area contributed by atoms with Gasteiger partial charge in [-0.05, 0) is 12.1 Å². The number of hydrogen-bond donors (Lipinski definition) is 1. The lowest BCUT2D eigenvalue weighted by molar-refractivity contribution is -0.300. The van der Waals surface area contributed by atoms with Crippen LogP contribution in [-0.4, -0.2) is 66.2 Å². The fourth-order valence-corrected chi connectivity index (χ4v) is 4.62. The van der Waals surface area contributed by atoms with Gasteiger partial charge in [0.05, 0.1) is 19.0 Å². The smallest absolute Gasteiger partial charge is 0.395 e. The predicted molar refractivity (Wildman–Crippen MR) is 115 cm³/mol. The van der Waals surface area contributed by atoms with E-state index in [1.54, 1.807) is 10.8 Å². The largest absolute Gasteiger partial charge is 0.466 e. The molecule has 1 aromatic heterocycles. The average molecular weight is 580 g/mol. The highest BCUT2D eigenvalue weighted by Gasteiger charge is 2.53. The molecule has 3 rings (SSSR count). The number of aromatic nitrogens is 1. The van der Waals surface area contributed by atoms with Gasteiger partial charge in [0, 0.05) is 18.2 Å². The lowest BCUT2D eigenvalue weighted by Gasteiger charge is -2.39. The molecule has 0 spiro atoms. The number of amides is 1. The molecule has 0 aliphatic carbocycles. The minimum Gasteiger partial charge on any atom is -0.466 e. The Balaban J connectivity index is 1.74. The van der Waals surface area contributed by atoms with Crippen LogP contribution in [-0.2, 0) is 14.9 Å². The number of hydrogen-bond acceptors (Lipinski definition) is 7. The molecule has 1 fully saturated rings. The minimum atomic E-state index is -4.73. The number of carbonyl (C=O) groups excluding carboxylic acids is 1. The lowest BCUT2D eigenvalue weighted by Crippen LogP contribution is -2.61. The van der Waals surface area contributed by atoms with Gasteiger partial charge in [-0.3, -0.25) is 9.78 Å².